The summed E-state index contributed by atoms with van der Waals surface area (Å²) in [7, 11) is 0. The fourth-order valence-corrected chi connectivity index (χ4v) is 4.77. The number of carbonyl (C=O) groups is 1. The molecule has 2 aromatic heterocycles. The van der Waals surface area contributed by atoms with E-state index in [1.165, 1.54) is 11.8 Å². The number of carbonyl (C=O) groups excluding carboxylic acids is 1. The van der Waals surface area contributed by atoms with Crippen molar-refractivity contribution in [3.05, 3.63) is 72.8 Å². The number of para-hydroxylation sites is 3. The first-order valence-electron chi connectivity index (χ1n) is 9.72. The number of nitrogens with one attached hydrogen (secondary N) is 1. The largest absolute Gasteiger partial charge is 0.325 e. The van der Waals surface area contributed by atoms with Gasteiger partial charge in [0.2, 0.25) is 5.91 Å². The number of benzene rings is 3. The van der Waals surface area contributed by atoms with Gasteiger partial charge in [-0.05, 0) is 48.5 Å². The van der Waals surface area contributed by atoms with E-state index in [4.69, 9.17) is 9.97 Å². The molecule has 1 N–H and O–H groups in total. The van der Waals surface area contributed by atoms with Gasteiger partial charge in [-0.2, -0.15) is 8.78 Å². The highest BCUT2D eigenvalue weighted by Gasteiger charge is 2.15. The van der Waals surface area contributed by atoms with Crippen molar-refractivity contribution in [2.45, 2.75) is 15.8 Å². The normalized spacial score (nSPS) is 11.6. The number of aromatic nitrogens is 3. The van der Waals surface area contributed by atoms with Crippen LogP contribution in [0.5, 0.6) is 0 Å². The maximum atomic E-state index is 12.5. The molecule has 1 amide bonds. The van der Waals surface area contributed by atoms with Gasteiger partial charge < -0.3 is 5.32 Å². The van der Waals surface area contributed by atoms with E-state index in [0.29, 0.717) is 27.5 Å². The molecule has 0 atom stereocenters. The van der Waals surface area contributed by atoms with E-state index in [9.17, 15) is 13.6 Å². The molecule has 32 heavy (non-hydrogen) atoms. The van der Waals surface area contributed by atoms with Gasteiger partial charge in [-0.25, -0.2) is 9.97 Å². The number of anilines is 1. The van der Waals surface area contributed by atoms with Crippen LogP contribution < -0.4 is 5.32 Å². The fourth-order valence-electron chi connectivity index (χ4n) is 3.46. The number of thioether (sulfide) groups is 2. The van der Waals surface area contributed by atoms with E-state index >= 15 is 0 Å². The van der Waals surface area contributed by atoms with Gasteiger partial charge in [-0.15, -0.1) is 0 Å². The molecule has 3 aromatic carbocycles. The number of hydrogen-bond acceptors (Lipinski definition) is 5. The summed E-state index contributed by atoms with van der Waals surface area (Å²) in [5.74, 6) is -2.55. The summed E-state index contributed by atoms with van der Waals surface area (Å²) in [4.78, 5) is 22.5. The monoisotopic (exact) mass is 466 g/mol. The van der Waals surface area contributed by atoms with Crippen LogP contribution in [0.4, 0.5) is 14.5 Å². The van der Waals surface area contributed by atoms with E-state index in [1.54, 1.807) is 24.3 Å². The molecule has 0 saturated carbocycles. The van der Waals surface area contributed by atoms with Crippen molar-refractivity contribution in [3.8, 4) is 0 Å². The minimum Gasteiger partial charge on any atom is -0.325 e. The van der Waals surface area contributed by atoms with E-state index in [1.807, 2.05) is 52.9 Å². The van der Waals surface area contributed by atoms with Gasteiger partial charge in [0.05, 0.1) is 22.3 Å². The Balaban J connectivity index is 1.40. The van der Waals surface area contributed by atoms with Crippen molar-refractivity contribution in [2.24, 2.45) is 0 Å². The average molecular weight is 467 g/mol. The quantitative estimate of drug-likeness (QED) is 0.243. The van der Waals surface area contributed by atoms with E-state index in [-0.39, 0.29) is 11.7 Å². The molecule has 5 nitrogen and oxygen atoms in total. The van der Waals surface area contributed by atoms with Gasteiger partial charge in [-0.3, -0.25) is 9.20 Å². The zero-order valence-corrected chi connectivity index (χ0v) is 18.2. The lowest BCUT2D eigenvalue weighted by molar-refractivity contribution is -0.113. The summed E-state index contributed by atoms with van der Waals surface area (Å²) in [6.45, 7) is 0. The third-order valence-corrected chi connectivity index (χ3v) is 6.47. The van der Waals surface area contributed by atoms with Crippen LogP contribution >= 0.6 is 23.5 Å². The number of hydrogen-bond donors (Lipinski definition) is 1. The van der Waals surface area contributed by atoms with Gasteiger partial charge in [0, 0.05) is 16.0 Å². The van der Waals surface area contributed by atoms with E-state index < -0.39 is 5.76 Å². The number of imidazole rings is 1. The first-order valence-corrected chi connectivity index (χ1v) is 11.6. The summed E-state index contributed by atoms with van der Waals surface area (Å²) in [6, 6.07) is 22.0. The van der Waals surface area contributed by atoms with Gasteiger partial charge in [-0.1, -0.05) is 47.8 Å². The minimum atomic E-state index is -2.47. The lowest BCUT2D eigenvalue weighted by Crippen LogP contribution is -2.14. The highest BCUT2D eigenvalue weighted by atomic mass is 32.2. The summed E-state index contributed by atoms with van der Waals surface area (Å²) < 4.78 is 26.9. The topological polar surface area (TPSA) is 59.3 Å². The molecule has 5 rings (SSSR count). The molecule has 0 aliphatic carbocycles. The molecule has 0 aliphatic rings. The maximum absolute atomic E-state index is 12.5. The molecule has 0 fully saturated rings. The van der Waals surface area contributed by atoms with Crippen LogP contribution in [0.15, 0.2) is 82.8 Å². The van der Waals surface area contributed by atoms with Crippen LogP contribution in [-0.4, -0.2) is 31.8 Å². The van der Waals surface area contributed by atoms with Crippen LogP contribution in [0.25, 0.3) is 27.6 Å². The van der Waals surface area contributed by atoms with Crippen LogP contribution in [0.1, 0.15) is 0 Å². The van der Waals surface area contributed by atoms with Gasteiger partial charge in [0.1, 0.15) is 5.65 Å². The summed E-state index contributed by atoms with van der Waals surface area (Å²) >= 11 is 1.79. The zero-order chi connectivity index (χ0) is 22.1. The third-order valence-electron chi connectivity index (χ3n) is 4.81. The average Bonchev–Trinajstić information content (AvgIpc) is 3.19. The number of nitrogens with zero attached hydrogens (tertiary/aromatic N) is 3. The van der Waals surface area contributed by atoms with Crippen LogP contribution in [0.2, 0.25) is 0 Å². The van der Waals surface area contributed by atoms with Crippen molar-refractivity contribution < 1.29 is 13.6 Å². The summed E-state index contributed by atoms with van der Waals surface area (Å²) in [6.07, 6.45) is 0. The predicted octanol–water partition coefficient (Wildman–Crippen LogP) is 6.08. The Morgan fingerprint density at radius 2 is 1.66 bits per heavy atom. The molecule has 0 spiro atoms. The Bertz CT molecular complexity index is 1440. The summed E-state index contributed by atoms with van der Waals surface area (Å²) in [5.41, 5.74) is 3.95. The Kier molecular flexibility index (Phi) is 5.67. The molecular formula is C23H16F2N4OS2. The van der Waals surface area contributed by atoms with E-state index in [0.717, 1.165) is 27.6 Å². The Hall–Kier alpha value is -3.17. The molecule has 2 heterocycles. The van der Waals surface area contributed by atoms with Crippen molar-refractivity contribution in [2.75, 3.05) is 11.1 Å². The predicted molar refractivity (Wildman–Crippen MR) is 126 cm³/mol. The molecule has 0 radical (unpaired) electrons. The molecular weight excluding hydrogens is 450 g/mol. The SMILES string of the molecule is O=C(CSc1nc2ccccc2c2nc3ccccc3n12)Nc1ccc(SC(F)F)cc1. The van der Waals surface area contributed by atoms with Gasteiger partial charge in [0.25, 0.3) is 5.76 Å². The smallest absolute Gasteiger partial charge is 0.288 e. The van der Waals surface area contributed by atoms with Crippen molar-refractivity contribution in [1.82, 2.24) is 14.4 Å². The first-order chi connectivity index (χ1) is 15.6. The van der Waals surface area contributed by atoms with Crippen LogP contribution in [-0.2, 0) is 4.79 Å². The summed E-state index contributed by atoms with van der Waals surface area (Å²) in [5, 5.41) is 4.42. The minimum absolute atomic E-state index is 0.139. The molecule has 5 aromatic rings. The number of amides is 1. The Morgan fingerprint density at radius 1 is 0.938 bits per heavy atom. The molecule has 0 saturated heterocycles. The lowest BCUT2D eigenvalue weighted by Gasteiger charge is -2.09. The van der Waals surface area contributed by atoms with Crippen molar-refractivity contribution in [3.63, 3.8) is 0 Å². The second-order valence-corrected chi connectivity index (χ2v) is 8.92. The molecule has 0 aliphatic heterocycles. The highest BCUT2D eigenvalue weighted by molar-refractivity contribution is 8.00. The fraction of sp³-hybridized carbons (Fsp3) is 0.0870. The Morgan fingerprint density at radius 3 is 2.44 bits per heavy atom. The van der Waals surface area contributed by atoms with Gasteiger partial charge in [0.15, 0.2) is 5.16 Å². The van der Waals surface area contributed by atoms with Crippen LogP contribution in [0.3, 0.4) is 0 Å². The van der Waals surface area contributed by atoms with E-state index in [2.05, 4.69) is 5.32 Å². The lowest BCUT2D eigenvalue weighted by atomic mass is 10.2. The highest BCUT2D eigenvalue weighted by Crippen LogP contribution is 2.29. The second kappa shape index (κ2) is 8.76. The Labute approximate surface area is 190 Å². The van der Waals surface area contributed by atoms with Crippen molar-refractivity contribution >= 4 is 62.7 Å². The maximum Gasteiger partial charge on any atom is 0.288 e. The standard InChI is InChI=1S/C23H16F2N4OS2/c24-22(25)32-15-11-9-14(10-12-15)26-20(30)13-31-23-28-17-6-2-1-5-16(17)21-27-18-7-3-4-8-19(18)29(21)23/h1-12,22H,13H2,(H,26,30). The molecule has 0 unspecified atom stereocenters. The molecule has 0 bridgehead atoms. The third kappa shape index (κ3) is 4.13. The first kappa shape index (κ1) is 20.7. The number of fused-ring (bicyclic) bond motifs is 5. The molecule has 9 heteroatoms. The number of rotatable bonds is 6. The van der Waals surface area contributed by atoms with Gasteiger partial charge >= 0.3 is 0 Å². The molecule has 160 valence electrons. The van der Waals surface area contributed by atoms with Crippen molar-refractivity contribution in [1.29, 1.82) is 0 Å². The zero-order valence-electron chi connectivity index (χ0n) is 16.5. The number of alkyl halides is 2. The second-order valence-electron chi connectivity index (χ2n) is 6.91. The number of halogens is 2. The van der Waals surface area contributed by atoms with Crippen LogP contribution in [0, 0.1) is 0 Å².